The Kier molecular flexibility index (Phi) is 1.40. The van der Waals surface area contributed by atoms with Gasteiger partial charge in [0.1, 0.15) is 0 Å². The van der Waals surface area contributed by atoms with E-state index in [9.17, 15) is 4.79 Å². The second-order valence-corrected chi connectivity index (χ2v) is 2.41. The molecule has 4 nitrogen and oxygen atoms in total. The number of rotatable bonds is 0. The highest BCUT2D eigenvalue weighted by Crippen LogP contribution is 2.03. The van der Waals surface area contributed by atoms with Crippen LogP contribution < -0.4 is 5.63 Å². The van der Waals surface area contributed by atoms with Gasteiger partial charge in [-0.2, -0.15) is 0 Å². The van der Waals surface area contributed by atoms with E-state index in [0.717, 1.165) is 0 Å². The van der Waals surface area contributed by atoms with Crippen LogP contribution in [0.15, 0.2) is 27.7 Å². The third-order valence-electron chi connectivity index (χ3n) is 1.54. The van der Waals surface area contributed by atoms with Gasteiger partial charge in [0.25, 0.3) is 0 Å². The summed E-state index contributed by atoms with van der Waals surface area (Å²) in [4.78, 5) is 19.0. The first kappa shape index (κ1) is 6.97. The van der Waals surface area contributed by atoms with E-state index in [-0.39, 0.29) is 5.63 Å². The molecule has 0 radical (unpaired) electrons. The molecule has 2 aromatic rings. The van der Waals surface area contributed by atoms with Gasteiger partial charge in [-0.05, 0) is 6.07 Å². The lowest BCUT2D eigenvalue weighted by atomic mass is 10.3. The van der Waals surface area contributed by atoms with E-state index < -0.39 is 0 Å². The van der Waals surface area contributed by atoms with Gasteiger partial charge in [-0.15, -0.1) is 0 Å². The molecule has 0 aliphatic heterocycles. The largest absolute Gasteiger partial charge is 0.408 e. The Morgan fingerprint density at radius 2 is 2.33 bits per heavy atom. The highest BCUT2D eigenvalue weighted by molar-refractivity contribution is 5.75. The van der Waals surface area contributed by atoms with Crippen molar-refractivity contribution in [2.45, 2.75) is 6.92 Å². The van der Waals surface area contributed by atoms with Crippen LogP contribution in [0.5, 0.6) is 0 Å². The Balaban J connectivity index is 2.99. The summed E-state index contributed by atoms with van der Waals surface area (Å²) in [6.07, 6.45) is 3.08. The minimum Gasteiger partial charge on any atom is -0.408 e. The van der Waals surface area contributed by atoms with Crippen LogP contribution in [0.1, 0.15) is 5.89 Å². The number of aromatic nitrogens is 2. The highest BCUT2D eigenvalue weighted by atomic mass is 16.4. The summed E-state index contributed by atoms with van der Waals surface area (Å²) in [6.45, 7) is 1.63. The average molecular weight is 162 g/mol. The van der Waals surface area contributed by atoms with Crippen LogP contribution in [-0.4, -0.2) is 9.97 Å². The van der Waals surface area contributed by atoms with E-state index in [1.54, 1.807) is 19.2 Å². The second kappa shape index (κ2) is 2.41. The zero-order chi connectivity index (χ0) is 8.55. The molecule has 2 aromatic heterocycles. The van der Waals surface area contributed by atoms with Gasteiger partial charge in [-0.25, -0.2) is 9.78 Å². The lowest BCUT2D eigenvalue weighted by Crippen LogP contribution is -2.02. The molecule has 0 fully saturated rings. The Morgan fingerprint density at radius 1 is 1.50 bits per heavy atom. The standard InChI is InChI=1S/C8H6N2O2/c1-5-10-7-4-9-3-2-6(7)8(11)12-5/h2-4H,1H3. The molecule has 0 aliphatic carbocycles. The van der Waals surface area contributed by atoms with Crippen molar-refractivity contribution in [3.05, 3.63) is 34.8 Å². The van der Waals surface area contributed by atoms with Gasteiger partial charge in [0, 0.05) is 13.1 Å². The van der Waals surface area contributed by atoms with Crippen molar-refractivity contribution in [2.75, 3.05) is 0 Å². The highest BCUT2D eigenvalue weighted by Gasteiger charge is 2.01. The molecule has 0 atom stereocenters. The summed E-state index contributed by atoms with van der Waals surface area (Å²) in [7, 11) is 0. The zero-order valence-corrected chi connectivity index (χ0v) is 6.44. The fourth-order valence-electron chi connectivity index (χ4n) is 1.03. The normalized spacial score (nSPS) is 10.4. The van der Waals surface area contributed by atoms with E-state index >= 15 is 0 Å². The van der Waals surface area contributed by atoms with E-state index in [0.29, 0.717) is 16.8 Å². The molecule has 60 valence electrons. The molecule has 0 saturated carbocycles. The smallest absolute Gasteiger partial charge is 0.346 e. The molecule has 0 aromatic carbocycles. The van der Waals surface area contributed by atoms with Crippen molar-refractivity contribution >= 4 is 10.9 Å². The van der Waals surface area contributed by atoms with Gasteiger partial charge in [0.15, 0.2) is 5.89 Å². The van der Waals surface area contributed by atoms with E-state index in [2.05, 4.69) is 9.97 Å². The summed E-state index contributed by atoms with van der Waals surface area (Å²) in [5, 5.41) is 0.468. The molecule has 0 aliphatic rings. The van der Waals surface area contributed by atoms with Crippen molar-refractivity contribution in [2.24, 2.45) is 0 Å². The number of fused-ring (bicyclic) bond motifs is 1. The predicted octanol–water partition coefficient (Wildman–Crippen LogP) is 0.891. The molecule has 0 N–H and O–H groups in total. The summed E-state index contributed by atoms with van der Waals surface area (Å²) in [5.74, 6) is 0.362. The van der Waals surface area contributed by atoms with Crippen LogP contribution in [0, 0.1) is 6.92 Å². The quantitative estimate of drug-likeness (QED) is 0.577. The maximum atomic E-state index is 11.2. The van der Waals surface area contributed by atoms with Crippen LogP contribution in [-0.2, 0) is 0 Å². The van der Waals surface area contributed by atoms with Crippen LogP contribution in [0.25, 0.3) is 10.9 Å². The Bertz CT molecular complexity index is 476. The lowest BCUT2D eigenvalue weighted by molar-refractivity contribution is 0.467. The maximum Gasteiger partial charge on any atom is 0.346 e. The first-order chi connectivity index (χ1) is 5.77. The topological polar surface area (TPSA) is 56.0 Å². The first-order valence-corrected chi connectivity index (χ1v) is 3.49. The van der Waals surface area contributed by atoms with E-state index in [4.69, 9.17) is 4.42 Å². The molecule has 2 rings (SSSR count). The van der Waals surface area contributed by atoms with Gasteiger partial charge >= 0.3 is 5.63 Å². The molecule has 0 spiro atoms. The van der Waals surface area contributed by atoms with Crippen LogP contribution >= 0.6 is 0 Å². The molecule has 0 unspecified atom stereocenters. The first-order valence-electron chi connectivity index (χ1n) is 3.49. The lowest BCUT2D eigenvalue weighted by Gasteiger charge is -1.93. The molecular formula is C8H6N2O2. The maximum absolute atomic E-state index is 11.2. The third kappa shape index (κ3) is 0.972. The summed E-state index contributed by atoms with van der Waals surface area (Å²) in [5.41, 5.74) is 0.214. The van der Waals surface area contributed by atoms with Crippen molar-refractivity contribution < 1.29 is 4.42 Å². The summed E-state index contributed by atoms with van der Waals surface area (Å²) < 4.78 is 4.80. The van der Waals surface area contributed by atoms with Crippen molar-refractivity contribution in [1.82, 2.24) is 9.97 Å². The SMILES string of the molecule is Cc1nc2cnccc2c(=O)o1. The molecule has 12 heavy (non-hydrogen) atoms. The fraction of sp³-hybridized carbons (Fsp3) is 0.125. The monoisotopic (exact) mass is 162 g/mol. The summed E-state index contributed by atoms with van der Waals surface area (Å²) >= 11 is 0. The molecule has 0 saturated heterocycles. The minimum atomic E-state index is -0.361. The molecule has 2 heterocycles. The Labute approximate surface area is 67.9 Å². The van der Waals surface area contributed by atoms with E-state index in [1.165, 1.54) is 6.20 Å². The molecule has 0 amide bonds. The van der Waals surface area contributed by atoms with E-state index in [1.807, 2.05) is 0 Å². The number of nitrogens with zero attached hydrogens (tertiary/aromatic N) is 2. The van der Waals surface area contributed by atoms with Crippen LogP contribution in [0.2, 0.25) is 0 Å². The Hall–Kier alpha value is -1.71. The van der Waals surface area contributed by atoms with Crippen molar-refractivity contribution in [1.29, 1.82) is 0 Å². The van der Waals surface area contributed by atoms with Gasteiger partial charge in [-0.1, -0.05) is 0 Å². The third-order valence-corrected chi connectivity index (χ3v) is 1.54. The number of pyridine rings is 1. The fourth-order valence-corrected chi connectivity index (χ4v) is 1.03. The summed E-state index contributed by atoms with van der Waals surface area (Å²) in [6, 6.07) is 1.59. The number of hydrogen-bond acceptors (Lipinski definition) is 4. The second-order valence-electron chi connectivity index (χ2n) is 2.41. The molecule has 4 heteroatoms. The molecular weight excluding hydrogens is 156 g/mol. The number of aryl methyl sites for hydroxylation is 1. The van der Waals surface area contributed by atoms with Crippen LogP contribution in [0.3, 0.4) is 0 Å². The van der Waals surface area contributed by atoms with Crippen molar-refractivity contribution in [3.8, 4) is 0 Å². The predicted molar refractivity (Wildman–Crippen MR) is 42.8 cm³/mol. The average Bonchev–Trinajstić information content (AvgIpc) is 2.04. The van der Waals surface area contributed by atoms with Crippen molar-refractivity contribution in [3.63, 3.8) is 0 Å². The number of hydrogen-bond donors (Lipinski definition) is 0. The van der Waals surface area contributed by atoms with Gasteiger partial charge in [0.2, 0.25) is 0 Å². The van der Waals surface area contributed by atoms with Gasteiger partial charge in [-0.3, -0.25) is 4.98 Å². The van der Waals surface area contributed by atoms with Gasteiger partial charge in [0.05, 0.1) is 17.1 Å². The zero-order valence-electron chi connectivity index (χ0n) is 6.44. The van der Waals surface area contributed by atoms with Crippen LogP contribution in [0.4, 0.5) is 0 Å². The molecule has 0 bridgehead atoms. The Morgan fingerprint density at radius 3 is 3.17 bits per heavy atom. The minimum absolute atomic E-state index is 0.361. The van der Waals surface area contributed by atoms with Gasteiger partial charge < -0.3 is 4.42 Å².